The van der Waals surface area contributed by atoms with Crippen LogP contribution in [0, 0.1) is 6.92 Å². The number of carbonyl (C=O) groups excluding carboxylic acids is 1. The molecule has 0 fully saturated rings. The number of nitrogens with one attached hydrogen (secondary N) is 1. The van der Waals surface area contributed by atoms with Crippen molar-refractivity contribution in [1.29, 1.82) is 0 Å². The molecule has 0 radical (unpaired) electrons. The zero-order valence-electron chi connectivity index (χ0n) is 12.1. The van der Waals surface area contributed by atoms with Crippen LogP contribution in [0.2, 0.25) is 0 Å². The first-order chi connectivity index (χ1) is 9.06. The SMILES string of the molecule is COC(OC)C(C)NC(=O)CCc1ccc(C)cc1. The van der Waals surface area contributed by atoms with Gasteiger partial charge in [-0.25, -0.2) is 0 Å². The first-order valence-electron chi connectivity index (χ1n) is 6.47. The van der Waals surface area contributed by atoms with E-state index >= 15 is 0 Å². The van der Waals surface area contributed by atoms with Crippen molar-refractivity contribution in [1.82, 2.24) is 5.32 Å². The summed E-state index contributed by atoms with van der Waals surface area (Å²) in [6.45, 7) is 3.91. The van der Waals surface area contributed by atoms with Crippen LogP contribution in [-0.2, 0) is 20.7 Å². The number of methoxy groups -OCH3 is 2. The molecule has 1 atom stereocenters. The first-order valence-corrected chi connectivity index (χ1v) is 6.47. The Balaban J connectivity index is 2.37. The van der Waals surface area contributed by atoms with Crippen LogP contribution in [0.25, 0.3) is 0 Å². The normalized spacial score (nSPS) is 12.5. The summed E-state index contributed by atoms with van der Waals surface area (Å²) in [6.07, 6.45) is 0.792. The molecule has 0 aliphatic carbocycles. The lowest BCUT2D eigenvalue weighted by atomic mass is 10.1. The maximum atomic E-state index is 11.8. The number of hydrogen-bond donors (Lipinski definition) is 1. The summed E-state index contributed by atoms with van der Waals surface area (Å²) >= 11 is 0. The number of aryl methyl sites for hydroxylation is 2. The molecule has 1 amide bonds. The van der Waals surface area contributed by atoms with E-state index in [1.807, 2.05) is 13.8 Å². The van der Waals surface area contributed by atoms with Crippen LogP contribution < -0.4 is 5.32 Å². The van der Waals surface area contributed by atoms with Crippen molar-refractivity contribution in [2.24, 2.45) is 0 Å². The van der Waals surface area contributed by atoms with Gasteiger partial charge in [-0.15, -0.1) is 0 Å². The predicted octanol–water partition coefficient (Wildman–Crippen LogP) is 2.05. The van der Waals surface area contributed by atoms with E-state index in [0.29, 0.717) is 6.42 Å². The molecule has 0 heterocycles. The molecular weight excluding hydrogens is 242 g/mol. The van der Waals surface area contributed by atoms with Crippen molar-refractivity contribution >= 4 is 5.91 Å². The van der Waals surface area contributed by atoms with Gasteiger partial charge in [0.15, 0.2) is 6.29 Å². The van der Waals surface area contributed by atoms with Crippen LogP contribution in [0.1, 0.15) is 24.5 Å². The third-order valence-corrected chi connectivity index (χ3v) is 3.02. The molecule has 1 unspecified atom stereocenters. The lowest BCUT2D eigenvalue weighted by molar-refractivity contribution is -0.135. The van der Waals surface area contributed by atoms with E-state index in [4.69, 9.17) is 9.47 Å². The van der Waals surface area contributed by atoms with Crippen LogP contribution >= 0.6 is 0 Å². The van der Waals surface area contributed by atoms with Crippen molar-refractivity contribution in [3.8, 4) is 0 Å². The van der Waals surface area contributed by atoms with Gasteiger partial charge < -0.3 is 14.8 Å². The van der Waals surface area contributed by atoms with E-state index in [9.17, 15) is 4.79 Å². The molecule has 0 saturated carbocycles. The summed E-state index contributed by atoms with van der Waals surface area (Å²) in [6, 6.07) is 8.06. The number of hydrogen-bond acceptors (Lipinski definition) is 3. The van der Waals surface area contributed by atoms with Crippen molar-refractivity contribution in [2.45, 2.75) is 39.0 Å². The Kier molecular flexibility index (Phi) is 6.53. The van der Waals surface area contributed by atoms with E-state index in [1.54, 1.807) is 14.2 Å². The van der Waals surface area contributed by atoms with Gasteiger partial charge in [-0.1, -0.05) is 29.8 Å². The predicted molar refractivity (Wildman–Crippen MR) is 74.9 cm³/mol. The maximum absolute atomic E-state index is 11.8. The summed E-state index contributed by atoms with van der Waals surface area (Å²) in [5, 5.41) is 2.87. The highest BCUT2D eigenvalue weighted by Gasteiger charge is 2.17. The molecule has 4 nitrogen and oxygen atoms in total. The lowest BCUT2D eigenvalue weighted by Crippen LogP contribution is -2.43. The summed E-state index contributed by atoms with van der Waals surface area (Å²) in [5.41, 5.74) is 2.40. The van der Waals surface area contributed by atoms with E-state index in [0.717, 1.165) is 6.42 Å². The Morgan fingerprint density at radius 1 is 1.21 bits per heavy atom. The molecule has 1 aromatic rings. The number of amides is 1. The molecule has 0 saturated heterocycles. The number of carbonyl (C=O) groups is 1. The van der Waals surface area contributed by atoms with Crippen LogP contribution in [0.3, 0.4) is 0 Å². The summed E-state index contributed by atoms with van der Waals surface area (Å²) < 4.78 is 10.2. The summed E-state index contributed by atoms with van der Waals surface area (Å²) in [4.78, 5) is 11.8. The molecule has 4 heteroatoms. The van der Waals surface area contributed by atoms with E-state index in [-0.39, 0.29) is 11.9 Å². The Labute approximate surface area is 115 Å². The topological polar surface area (TPSA) is 47.6 Å². The second kappa shape index (κ2) is 7.92. The van der Waals surface area contributed by atoms with Crippen molar-refractivity contribution in [3.05, 3.63) is 35.4 Å². The molecular formula is C15H23NO3. The largest absolute Gasteiger partial charge is 0.354 e. The molecule has 0 aliphatic heterocycles. The van der Waals surface area contributed by atoms with E-state index < -0.39 is 6.29 Å². The maximum Gasteiger partial charge on any atom is 0.220 e. The summed E-state index contributed by atoms with van der Waals surface area (Å²) in [7, 11) is 3.12. The Bertz CT molecular complexity index is 385. The second-order valence-corrected chi connectivity index (χ2v) is 4.68. The Hall–Kier alpha value is -1.39. The van der Waals surface area contributed by atoms with Crippen LogP contribution in [0.4, 0.5) is 0 Å². The van der Waals surface area contributed by atoms with E-state index in [1.165, 1.54) is 11.1 Å². The summed E-state index contributed by atoms with van der Waals surface area (Å²) in [5.74, 6) is 0.00664. The highest BCUT2D eigenvalue weighted by molar-refractivity contribution is 5.76. The quantitative estimate of drug-likeness (QED) is 0.768. The fourth-order valence-electron chi connectivity index (χ4n) is 1.91. The van der Waals surface area contributed by atoms with Crippen molar-refractivity contribution in [3.63, 3.8) is 0 Å². The molecule has 19 heavy (non-hydrogen) atoms. The fourth-order valence-corrected chi connectivity index (χ4v) is 1.91. The molecule has 0 aliphatic rings. The Morgan fingerprint density at radius 2 is 1.79 bits per heavy atom. The van der Waals surface area contributed by atoms with Crippen LogP contribution in [0.5, 0.6) is 0 Å². The lowest BCUT2D eigenvalue weighted by Gasteiger charge is -2.22. The minimum absolute atomic E-state index is 0.00664. The molecule has 1 rings (SSSR count). The third-order valence-electron chi connectivity index (χ3n) is 3.02. The van der Waals surface area contributed by atoms with Gasteiger partial charge in [0.05, 0.1) is 6.04 Å². The van der Waals surface area contributed by atoms with Gasteiger partial charge in [0, 0.05) is 20.6 Å². The molecule has 1 aromatic carbocycles. The third kappa shape index (κ3) is 5.41. The van der Waals surface area contributed by atoms with Crippen LogP contribution in [0.15, 0.2) is 24.3 Å². The molecule has 1 N–H and O–H groups in total. The monoisotopic (exact) mass is 265 g/mol. The van der Waals surface area contributed by atoms with Crippen LogP contribution in [-0.4, -0.2) is 32.5 Å². The average Bonchev–Trinajstić information content (AvgIpc) is 2.39. The second-order valence-electron chi connectivity index (χ2n) is 4.68. The molecule has 0 bridgehead atoms. The first kappa shape index (κ1) is 15.7. The van der Waals surface area contributed by atoms with Crippen molar-refractivity contribution < 1.29 is 14.3 Å². The molecule has 0 spiro atoms. The minimum Gasteiger partial charge on any atom is -0.354 e. The van der Waals surface area contributed by atoms with Crippen molar-refractivity contribution in [2.75, 3.05) is 14.2 Å². The van der Waals surface area contributed by atoms with Gasteiger partial charge in [-0.2, -0.15) is 0 Å². The van der Waals surface area contributed by atoms with E-state index in [2.05, 4.69) is 29.6 Å². The van der Waals surface area contributed by atoms with Gasteiger partial charge >= 0.3 is 0 Å². The van der Waals surface area contributed by atoms with Gasteiger partial charge in [0.2, 0.25) is 5.91 Å². The standard InChI is InChI=1S/C15H23NO3/c1-11-5-7-13(8-6-11)9-10-14(17)16-12(2)15(18-3)19-4/h5-8,12,15H,9-10H2,1-4H3,(H,16,17). The minimum atomic E-state index is -0.414. The van der Waals surface area contributed by atoms with Gasteiger partial charge in [-0.3, -0.25) is 4.79 Å². The Morgan fingerprint density at radius 3 is 2.32 bits per heavy atom. The average molecular weight is 265 g/mol. The smallest absolute Gasteiger partial charge is 0.220 e. The number of ether oxygens (including phenoxy) is 2. The highest BCUT2D eigenvalue weighted by atomic mass is 16.7. The zero-order chi connectivity index (χ0) is 14.3. The number of benzene rings is 1. The van der Waals surface area contributed by atoms with Gasteiger partial charge in [-0.05, 0) is 25.8 Å². The molecule has 0 aromatic heterocycles. The van der Waals surface area contributed by atoms with Gasteiger partial charge in [0.1, 0.15) is 0 Å². The highest BCUT2D eigenvalue weighted by Crippen LogP contribution is 2.06. The molecule has 106 valence electrons. The van der Waals surface area contributed by atoms with Gasteiger partial charge in [0.25, 0.3) is 0 Å². The number of rotatable bonds is 7. The fraction of sp³-hybridized carbons (Fsp3) is 0.533. The zero-order valence-corrected chi connectivity index (χ0v) is 12.1.